The van der Waals surface area contributed by atoms with Crippen LogP contribution in [0.1, 0.15) is 5.56 Å². The second-order valence-corrected chi connectivity index (χ2v) is 5.67. The maximum atomic E-state index is 12.8. The molecule has 0 unspecified atom stereocenters. The first-order valence-electron chi connectivity index (χ1n) is 8.17. The number of ether oxygens (including phenoxy) is 2. The van der Waals surface area contributed by atoms with Gasteiger partial charge in [0.1, 0.15) is 24.0 Å². The summed E-state index contributed by atoms with van der Waals surface area (Å²) in [6.07, 6.45) is 1.20. The fraction of sp³-hybridized carbons (Fsp3) is 0.389. The minimum Gasteiger partial charge on any atom is -0.492 e. The summed E-state index contributed by atoms with van der Waals surface area (Å²) in [5.74, 6) is 1.17. The molecule has 0 atom stereocenters. The maximum Gasteiger partial charge on any atom is 0.141 e. The summed E-state index contributed by atoms with van der Waals surface area (Å²) in [5.41, 5.74) is 1.09. The molecule has 1 saturated heterocycles. The SMILES string of the molecule is Fc1ccc(NCc2cccc(OCCN3CCOCC3)c2)nc1. The van der Waals surface area contributed by atoms with Gasteiger partial charge in [-0.2, -0.15) is 0 Å². The summed E-state index contributed by atoms with van der Waals surface area (Å²) < 4.78 is 24.0. The third kappa shape index (κ3) is 5.18. The van der Waals surface area contributed by atoms with E-state index in [4.69, 9.17) is 9.47 Å². The predicted molar refractivity (Wildman–Crippen MR) is 90.7 cm³/mol. The summed E-state index contributed by atoms with van der Waals surface area (Å²) in [4.78, 5) is 6.33. The number of hydrogen-bond acceptors (Lipinski definition) is 5. The zero-order chi connectivity index (χ0) is 16.6. The standard InChI is InChI=1S/C18H22FN3O2/c19-16-4-5-18(21-14-16)20-13-15-2-1-3-17(12-15)24-11-8-22-6-9-23-10-7-22/h1-5,12,14H,6-11,13H2,(H,20,21). The van der Waals surface area contributed by atoms with E-state index in [0.717, 1.165) is 44.2 Å². The van der Waals surface area contributed by atoms with Gasteiger partial charge in [-0.25, -0.2) is 9.37 Å². The molecule has 24 heavy (non-hydrogen) atoms. The largest absolute Gasteiger partial charge is 0.492 e. The quantitative estimate of drug-likeness (QED) is 0.845. The Morgan fingerprint density at radius 2 is 2.08 bits per heavy atom. The molecular weight excluding hydrogens is 309 g/mol. The van der Waals surface area contributed by atoms with E-state index in [2.05, 4.69) is 15.2 Å². The van der Waals surface area contributed by atoms with Gasteiger partial charge in [-0.1, -0.05) is 12.1 Å². The van der Waals surface area contributed by atoms with Crippen LogP contribution in [0.3, 0.4) is 0 Å². The Hall–Kier alpha value is -2.18. The highest BCUT2D eigenvalue weighted by Crippen LogP contribution is 2.15. The van der Waals surface area contributed by atoms with Crippen LogP contribution in [-0.4, -0.2) is 49.3 Å². The van der Waals surface area contributed by atoms with Gasteiger partial charge in [0, 0.05) is 26.2 Å². The number of benzene rings is 1. The lowest BCUT2D eigenvalue weighted by Gasteiger charge is -2.26. The van der Waals surface area contributed by atoms with E-state index in [1.807, 2.05) is 24.3 Å². The smallest absolute Gasteiger partial charge is 0.141 e. The van der Waals surface area contributed by atoms with Gasteiger partial charge in [-0.15, -0.1) is 0 Å². The van der Waals surface area contributed by atoms with Gasteiger partial charge < -0.3 is 14.8 Å². The number of nitrogens with zero attached hydrogens (tertiary/aromatic N) is 2. The number of aromatic nitrogens is 1. The van der Waals surface area contributed by atoms with Crippen molar-refractivity contribution >= 4 is 5.82 Å². The first-order valence-corrected chi connectivity index (χ1v) is 8.17. The second-order valence-electron chi connectivity index (χ2n) is 5.67. The van der Waals surface area contributed by atoms with Crippen molar-refractivity contribution in [1.29, 1.82) is 0 Å². The van der Waals surface area contributed by atoms with Crippen molar-refractivity contribution in [2.45, 2.75) is 6.54 Å². The molecule has 1 aromatic heterocycles. The lowest BCUT2D eigenvalue weighted by Crippen LogP contribution is -2.38. The van der Waals surface area contributed by atoms with E-state index >= 15 is 0 Å². The van der Waals surface area contributed by atoms with E-state index in [9.17, 15) is 4.39 Å². The molecule has 0 amide bonds. The molecule has 1 fully saturated rings. The van der Waals surface area contributed by atoms with Crippen LogP contribution in [0.4, 0.5) is 10.2 Å². The van der Waals surface area contributed by atoms with Crippen LogP contribution in [0, 0.1) is 5.82 Å². The topological polar surface area (TPSA) is 46.6 Å². The van der Waals surface area contributed by atoms with E-state index < -0.39 is 0 Å². The van der Waals surface area contributed by atoms with Crippen molar-refractivity contribution in [3.8, 4) is 5.75 Å². The predicted octanol–water partition coefficient (Wildman–Crippen LogP) is 2.54. The summed E-state index contributed by atoms with van der Waals surface area (Å²) >= 11 is 0. The van der Waals surface area contributed by atoms with Crippen LogP contribution >= 0.6 is 0 Å². The van der Waals surface area contributed by atoms with Crippen molar-refractivity contribution in [2.75, 3.05) is 44.8 Å². The van der Waals surface area contributed by atoms with E-state index in [1.165, 1.54) is 12.3 Å². The summed E-state index contributed by atoms with van der Waals surface area (Å²) in [6.45, 7) is 5.73. The van der Waals surface area contributed by atoms with Gasteiger partial charge in [0.15, 0.2) is 0 Å². The molecule has 128 valence electrons. The number of nitrogens with one attached hydrogen (secondary N) is 1. The molecular formula is C18H22FN3O2. The molecule has 0 radical (unpaired) electrons. The minimum absolute atomic E-state index is 0.337. The van der Waals surface area contributed by atoms with Crippen LogP contribution in [0.25, 0.3) is 0 Å². The average molecular weight is 331 g/mol. The molecule has 0 saturated carbocycles. The first-order chi connectivity index (χ1) is 11.8. The van der Waals surface area contributed by atoms with Gasteiger partial charge in [0.05, 0.1) is 19.4 Å². The van der Waals surface area contributed by atoms with Crippen molar-refractivity contribution in [1.82, 2.24) is 9.88 Å². The molecule has 0 bridgehead atoms. The molecule has 2 heterocycles. The zero-order valence-corrected chi connectivity index (χ0v) is 13.6. The molecule has 3 rings (SSSR count). The fourth-order valence-electron chi connectivity index (χ4n) is 2.54. The molecule has 1 aliphatic heterocycles. The maximum absolute atomic E-state index is 12.8. The van der Waals surface area contributed by atoms with Gasteiger partial charge in [-0.05, 0) is 29.8 Å². The molecule has 6 heteroatoms. The molecule has 1 N–H and O–H groups in total. The molecule has 0 spiro atoms. The highest BCUT2D eigenvalue weighted by molar-refractivity contribution is 5.36. The van der Waals surface area contributed by atoms with E-state index in [-0.39, 0.29) is 5.82 Å². The Morgan fingerprint density at radius 3 is 2.88 bits per heavy atom. The van der Waals surface area contributed by atoms with Crippen molar-refractivity contribution < 1.29 is 13.9 Å². The number of anilines is 1. The lowest BCUT2D eigenvalue weighted by atomic mass is 10.2. The molecule has 1 aromatic carbocycles. The van der Waals surface area contributed by atoms with Gasteiger partial charge in [-0.3, -0.25) is 4.90 Å². The Labute approximate surface area is 141 Å². The van der Waals surface area contributed by atoms with Gasteiger partial charge in [0.2, 0.25) is 0 Å². The number of halogens is 1. The van der Waals surface area contributed by atoms with Gasteiger partial charge in [0.25, 0.3) is 0 Å². The molecule has 1 aliphatic rings. The van der Waals surface area contributed by atoms with Crippen molar-refractivity contribution in [2.24, 2.45) is 0 Å². The summed E-state index contributed by atoms with van der Waals surface area (Å²) in [6, 6.07) is 11.0. The van der Waals surface area contributed by atoms with E-state index in [1.54, 1.807) is 6.07 Å². The minimum atomic E-state index is -0.337. The summed E-state index contributed by atoms with van der Waals surface area (Å²) in [7, 11) is 0. The van der Waals surface area contributed by atoms with Crippen LogP contribution in [0.5, 0.6) is 5.75 Å². The monoisotopic (exact) mass is 331 g/mol. The van der Waals surface area contributed by atoms with Crippen LogP contribution in [-0.2, 0) is 11.3 Å². The highest BCUT2D eigenvalue weighted by atomic mass is 19.1. The van der Waals surface area contributed by atoms with Crippen LogP contribution < -0.4 is 10.1 Å². The molecule has 5 nitrogen and oxygen atoms in total. The Kier molecular flexibility index (Phi) is 5.98. The number of hydrogen-bond donors (Lipinski definition) is 1. The average Bonchev–Trinajstić information content (AvgIpc) is 2.63. The Balaban J connectivity index is 1.45. The Morgan fingerprint density at radius 1 is 1.21 bits per heavy atom. The lowest BCUT2D eigenvalue weighted by molar-refractivity contribution is 0.0322. The van der Waals surface area contributed by atoms with E-state index in [0.29, 0.717) is 19.0 Å². The molecule has 0 aliphatic carbocycles. The van der Waals surface area contributed by atoms with Crippen LogP contribution in [0.2, 0.25) is 0 Å². The second kappa shape index (κ2) is 8.61. The number of pyridine rings is 1. The van der Waals surface area contributed by atoms with Crippen molar-refractivity contribution in [3.63, 3.8) is 0 Å². The summed E-state index contributed by atoms with van der Waals surface area (Å²) in [5, 5.41) is 3.17. The van der Waals surface area contributed by atoms with Gasteiger partial charge >= 0.3 is 0 Å². The first kappa shape index (κ1) is 16.7. The number of morpholine rings is 1. The third-order valence-corrected chi connectivity index (χ3v) is 3.88. The highest BCUT2D eigenvalue weighted by Gasteiger charge is 2.09. The Bertz CT molecular complexity index is 630. The zero-order valence-electron chi connectivity index (χ0n) is 13.6. The number of rotatable bonds is 7. The fourth-order valence-corrected chi connectivity index (χ4v) is 2.54. The van der Waals surface area contributed by atoms with Crippen molar-refractivity contribution in [3.05, 3.63) is 54.0 Å². The third-order valence-electron chi connectivity index (χ3n) is 3.88. The van der Waals surface area contributed by atoms with Crippen LogP contribution in [0.15, 0.2) is 42.6 Å². The molecule has 2 aromatic rings. The normalized spacial score (nSPS) is 15.2.